The number of rotatable bonds is 5. The standard InChI is InChI=1S/C28H33ClN4O2/c29-24-5-6-25(30-18-24)32-7-9-33(10-8-32)26(34)23-3-1-19(2-4-23)17-31-27(35)28-14-20-11-21(15-28)13-22(12-20)16-28/h1-6,18,20-22H,7-17H2,(H,31,35). The number of nitrogens with one attached hydrogen (secondary N) is 1. The monoisotopic (exact) mass is 492 g/mol. The number of piperazine rings is 1. The summed E-state index contributed by atoms with van der Waals surface area (Å²) in [5.41, 5.74) is 1.62. The number of hydrogen-bond donors (Lipinski definition) is 1. The highest BCUT2D eigenvalue weighted by Crippen LogP contribution is 2.60. The van der Waals surface area contributed by atoms with Gasteiger partial charge in [0.15, 0.2) is 0 Å². The Morgan fingerprint density at radius 2 is 1.54 bits per heavy atom. The van der Waals surface area contributed by atoms with Crippen molar-refractivity contribution in [1.82, 2.24) is 15.2 Å². The summed E-state index contributed by atoms with van der Waals surface area (Å²) in [6, 6.07) is 11.5. The molecule has 1 N–H and O–H groups in total. The summed E-state index contributed by atoms with van der Waals surface area (Å²) >= 11 is 5.94. The van der Waals surface area contributed by atoms with E-state index >= 15 is 0 Å². The van der Waals surface area contributed by atoms with Crippen LogP contribution >= 0.6 is 11.6 Å². The minimum atomic E-state index is -0.117. The predicted molar refractivity (Wildman–Crippen MR) is 136 cm³/mol. The number of hydrogen-bond acceptors (Lipinski definition) is 4. The summed E-state index contributed by atoms with van der Waals surface area (Å²) in [5.74, 6) is 3.49. The van der Waals surface area contributed by atoms with Crippen molar-refractivity contribution in [3.63, 3.8) is 0 Å². The van der Waals surface area contributed by atoms with Crippen LogP contribution in [0.5, 0.6) is 0 Å². The van der Waals surface area contributed by atoms with Crippen LogP contribution in [0.4, 0.5) is 5.82 Å². The van der Waals surface area contributed by atoms with Crippen LogP contribution in [-0.4, -0.2) is 47.9 Å². The van der Waals surface area contributed by atoms with Crippen molar-refractivity contribution >= 4 is 29.2 Å². The lowest BCUT2D eigenvalue weighted by atomic mass is 9.49. The number of amides is 2. The van der Waals surface area contributed by atoms with Crippen LogP contribution in [0.25, 0.3) is 0 Å². The molecule has 7 heteroatoms. The van der Waals surface area contributed by atoms with Crippen LogP contribution < -0.4 is 10.2 Å². The van der Waals surface area contributed by atoms with E-state index in [1.165, 1.54) is 19.3 Å². The number of anilines is 1. The Bertz CT molecular complexity index is 1060. The van der Waals surface area contributed by atoms with E-state index in [0.717, 1.165) is 61.5 Å². The summed E-state index contributed by atoms with van der Waals surface area (Å²) in [5, 5.41) is 3.86. The first-order valence-corrected chi connectivity index (χ1v) is 13.4. The van der Waals surface area contributed by atoms with Gasteiger partial charge in [0, 0.05) is 49.9 Å². The molecule has 4 bridgehead atoms. The van der Waals surface area contributed by atoms with Gasteiger partial charge in [0.2, 0.25) is 5.91 Å². The Morgan fingerprint density at radius 1 is 0.914 bits per heavy atom. The van der Waals surface area contributed by atoms with Gasteiger partial charge < -0.3 is 15.1 Å². The predicted octanol–water partition coefficient (Wildman–Crippen LogP) is 4.53. The molecule has 1 aromatic heterocycles. The summed E-state index contributed by atoms with van der Waals surface area (Å²) in [4.78, 5) is 34.7. The van der Waals surface area contributed by atoms with Crippen molar-refractivity contribution in [2.75, 3.05) is 31.1 Å². The number of carbonyl (C=O) groups is 2. The maximum Gasteiger partial charge on any atom is 0.253 e. The molecule has 184 valence electrons. The summed E-state index contributed by atoms with van der Waals surface area (Å²) in [6.07, 6.45) is 8.93. The third-order valence-corrected chi connectivity index (χ3v) is 9.00. The van der Waals surface area contributed by atoms with Crippen LogP contribution in [0, 0.1) is 23.2 Å². The normalized spacial score (nSPS) is 29.3. The Balaban J connectivity index is 1.02. The molecule has 4 saturated carbocycles. The summed E-state index contributed by atoms with van der Waals surface area (Å²) < 4.78 is 0. The van der Waals surface area contributed by atoms with E-state index in [4.69, 9.17) is 11.6 Å². The number of benzene rings is 1. The molecule has 5 aliphatic rings. The van der Waals surface area contributed by atoms with Crippen molar-refractivity contribution in [3.8, 4) is 0 Å². The molecule has 0 unspecified atom stereocenters. The second-order valence-electron chi connectivity index (χ2n) is 11.2. The van der Waals surface area contributed by atoms with Gasteiger partial charge in [0.25, 0.3) is 5.91 Å². The minimum Gasteiger partial charge on any atom is -0.353 e. The zero-order chi connectivity index (χ0) is 24.0. The van der Waals surface area contributed by atoms with Gasteiger partial charge in [-0.1, -0.05) is 23.7 Å². The zero-order valence-electron chi connectivity index (χ0n) is 20.1. The van der Waals surface area contributed by atoms with E-state index in [2.05, 4.69) is 15.2 Å². The van der Waals surface area contributed by atoms with E-state index in [1.807, 2.05) is 41.3 Å². The lowest BCUT2D eigenvalue weighted by Crippen LogP contribution is -2.53. The quantitative estimate of drug-likeness (QED) is 0.666. The molecule has 1 saturated heterocycles. The Kier molecular flexibility index (Phi) is 5.95. The van der Waals surface area contributed by atoms with Gasteiger partial charge in [-0.05, 0) is 86.1 Å². The Labute approximate surface area is 212 Å². The highest BCUT2D eigenvalue weighted by Gasteiger charge is 2.54. The average molecular weight is 493 g/mol. The van der Waals surface area contributed by atoms with Crippen LogP contribution in [0.15, 0.2) is 42.6 Å². The fraction of sp³-hybridized carbons (Fsp3) is 0.536. The van der Waals surface area contributed by atoms with Crippen molar-refractivity contribution in [1.29, 1.82) is 0 Å². The molecule has 5 fully saturated rings. The van der Waals surface area contributed by atoms with E-state index in [1.54, 1.807) is 6.20 Å². The topological polar surface area (TPSA) is 65.5 Å². The maximum absolute atomic E-state index is 13.2. The van der Waals surface area contributed by atoms with Gasteiger partial charge >= 0.3 is 0 Å². The van der Waals surface area contributed by atoms with Crippen LogP contribution in [-0.2, 0) is 11.3 Å². The molecular weight excluding hydrogens is 460 g/mol. The number of carbonyl (C=O) groups excluding carboxylic acids is 2. The van der Waals surface area contributed by atoms with Crippen molar-refractivity contribution in [2.45, 2.75) is 45.1 Å². The largest absolute Gasteiger partial charge is 0.353 e. The van der Waals surface area contributed by atoms with Gasteiger partial charge in [0.05, 0.1) is 5.02 Å². The first-order chi connectivity index (χ1) is 17.0. The molecule has 1 aromatic carbocycles. The molecule has 35 heavy (non-hydrogen) atoms. The Morgan fingerprint density at radius 3 is 2.11 bits per heavy atom. The fourth-order valence-electron chi connectivity index (χ4n) is 7.40. The molecule has 6 nitrogen and oxygen atoms in total. The molecule has 2 heterocycles. The van der Waals surface area contributed by atoms with E-state index in [-0.39, 0.29) is 17.2 Å². The minimum absolute atomic E-state index is 0.0536. The van der Waals surface area contributed by atoms with Crippen LogP contribution in [0.2, 0.25) is 5.02 Å². The maximum atomic E-state index is 13.2. The number of halogens is 1. The zero-order valence-corrected chi connectivity index (χ0v) is 20.8. The van der Waals surface area contributed by atoms with Gasteiger partial charge in [-0.15, -0.1) is 0 Å². The SMILES string of the molecule is O=C(c1ccc(CNC(=O)C23CC4CC(CC(C4)C2)C3)cc1)N1CCN(c2ccc(Cl)cn2)CC1. The molecular formula is C28H33ClN4O2. The van der Waals surface area contributed by atoms with Gasteiger partial charge in [-0.25, -0.2) is 4.98 Å². The lowest BCUT2D eigenvalue weighted by Gasteiger charge is -2.55. The molecule has 0 spiro atoms. The molecule has 0 atom stereocenters. The molecule has 0 radical (unpaired) electrons. The smallest absolute Gasteiger partial charge is 0.253 e. The number of nitrogens with zero attached hydrogens (tertiary/aromatic N) is 3. The first-order valence-electron chi connectivity index (χ1n) is 13.0. The van der Waals surface area contributed by atoms with Crippen molar-refractivity contribution in [3.05, 3.63) is 58.7 Å². The van der Waals surface area contributed by atoms with Gasteiger partial charge in [-0.2, -0.15) is 0 Å². The molecule has 2 aromatic rings. The van der Waals surface area contributed by atoms with E-state index in [9.17, 15) is 9.59 Å². The highest BCUT2D eigenvalue weighted by atomic mass is 35.5. The summed E-state index contributed by atoms with van der Waals surface area (Å²) in [7, 11) is 0. The van der Waals surface area contributed by atoms with E-state index in [0.29, 0.717) is 30.2 Å². The summed E-state index contributed by atoms with van der Waals surface area (Å²) in [6.45, 7) is 3.34. The lowest BCUT2D eigenvalue weighted by molar-refractivity contribution is -0.146. The third-order valence-electron chi connectivity index (χ3n) is 8.78. The third kappa shape index (κ3) is 4.53. The second kappa shape index (κ2) is 9.12. The Hall–Kier alpha value is -2.60. The second-order valence-corrected chi connectivity index (χ2v) is 11.6. The van der Waals surface area contributed by atoms with Gasteiger partial charge in [-0.3, -0.25) is 9.59 Å². The molecule has 2 amide bonds. The van der Waals surface area contributed by atoms with Crippen molar-refractivity contribution in [2.24, 2.45) is 23.2 Å². The fourth-order valence-corrected chi connectivity index (χ4v) is 7.51. The van der Waals surface area contributed by atoms with Gasteiger partial charge in [0.1, 0.15) is 5.82 Å². The van der Waals surface area contributed by atoms with Crippen LogP contribution in [0.1, 0.15) is 54.4 Å². The average Bonchev–Trinajstić information content (AvgIpc) is 2.87. The molecule has 7 rings (SSSR count). The van der Waals surface area contributed by atoms with Crippen LogP contribution in [0.3, 0.4) is 0 Å². The first kappa shape index (κ1) is 22.8. The number of aromatic nitrogens is 1. The molecule has 4 aliphatic carbocycles. The van der Waals surface area contributed by atoms with Crippen molar-refractivity contribution < 1.29 is 9.59 Å². The number of pyridine rings is 1. The van der Waals surface area contributed by atoms with E-state index < -0.39 is 0 Å². The molecule has 1 aliphatic heterocycles. The highest BCUT2D eigenvalue weighted by molar-refractivity contribution is 6.30.